The van der Waals surface area contributed by atoms with Crippen molar-refractivity contribution in [3.05, 3.63) is 60.4 Å². The molecule has 1 aromatic heterocycles. The number of rotatable bonds is 8. The molecular weight excluding hydrogens is 503 g/mol. The number of amides is 1. The van der Waals surface area contributed by atoms with Crippen molar-refractivity contribution in [3.8, 4) is 0 Å². The van der Waals surface area contributed by atoms with Gasteiger partial charge >= 0.3 is 0 Å². The normalized spacial score (nSPS) is 14.0. The summed E-state index contributed by atoms with van der Waals surface area (Å²) in [4.78, 5) is 25.7. The molecule has 1 amide bonds. The van der Waals surface area contributed by atoms with Gasteiger partial charge in [0.25, 0.3) is 0 Å². The molecule has 8 heteroatoms. The molecule has 0 unspecified atom stereocenters. The molecule has 1 aliphatic heterocycles. The number of carbonyl (C=O) groups excluding carboxylic acids is 1. The molecule has 31 heavy (non-hydrogen) atoms. The van der Waals surface area contributed by atoms with Gasteiger partial charge in [0.05, 0.1) is 6.54 Å². The number of anilines is 1. The van der Waals surface area contributed by atoms with E-state index < -0.39 is 0 Å². The molecule has 2 aromatic rings. The average Bonchev–Trinajstić information content (AvgIpc) is 2.80. The number of aliphatic imine (C=N–C) groups is 1. The van der Waals surface area contributed by atoms with Crippen molar-refractivity contribution >= 4 is 41.5 Å². The number of guanidine groups is 1. The molecule has 0 atom stereocenters. The zero-order valence-electron chi connectivity index (χ0n) is 18.2. The maximum atomic E-state index is 12.6. The van der Waals surface area contributed by atoms with E-state index in [1.165, 1.54) is 5.69 Å². The van der Waals surface area contributed by atoms with E-state index in [1.807, 2.05) is 36.1 Å². The first-order valence-corrected chi connectivity index (χ1v) is 10.8. The number of nitrogens with zero attached hydrogens (tertiary/aromatic N) is 4. The number of pyridine rings is 1. The predicted octanol–water partition coefficient (Wildman–Crippen LogP) is 2.54. The lowest BCUT2D eigenvalue weighted by molar-refractivity contribution is -0.131. The van der Waals surface area contributed by atoms with Crippen LogP contribution in [0.5, 0.6) is 0 Å². The molecule has 7 nitrogen and oxygen atoms in total. The van der Waals surface area contributed by atoms with Crippen LogP contribution in [0, 0.1) is 0 Å². The van der Waals surface area contributed by atoms with Crippen LogP contribution in [0.15, 0.2) is 59.7 Å². The van der Waals surface area contributed by atoms with Crippen LogP contribution in [-0.4, -0.2) is 67.6 Å². The first-order valence-electron chi connectivity index (χ1n) is 10.8. The number of carbonyl (C=O) groups is 1. The fourth-order valence-corrected chi connectivity index (χ4v) is 3.47. The second-order valence-corrected chi connectivity index (χ2v) is 7.21. The lowest BCUT2D eigenvalue weighted by atomic mass is 10.2. The van der Waals surface area contributed by atoms with Crippen molar-refractivity contribution in [2.75, 3.05) is 50.7 Å². The van der Waals surface area contributed by atoms with Gasteiger partial charge in [0.1, 0.15) is 0 Å². The van der Waals surface area contributed by atoms with Crippen LogP contribution in [0.2, 0.25) is 0 Å². The third-order valence-corrected chi connectivity index (χ3v) is 5.09. The summed E-state index contributed by atoms with van der Waals surface area (Å²) >= 11 is 0. The van der Waals surface area contributed by atoms with Crippen molar-refractivity contribution in [2.24, 2.45) is 4.99 Å². The maximum Gasteiger partial charge on any atom is 0.224 e. The van der Waals surface area contributed by atoms with Gasteiger partial charge in [-0.15, -0.1) is 24.0 Å². The molecule has 2 heterocycles. The minimum atomic E-state index is 0. The first-order chi connectivity index (χ1) is 14.8. The van der Waals surface area contributed by atoms with Crippen molar-refractivity contribution in [3.63, 3.8) is 0 Å². The second-order valence-electron chi connectivity index (χ2n) is 7.21. The topological polar surface area (TPSA) is 72.9 Å². The number of aromatic nitrogens is 1. The van der Waals surface area contributed by atoms with Crippen LogP contribution in [0.3, 0.4) is 0 Å². The van der Waals surface area contributed by atoms with Gasteiger partial charge in [-0.3, -0.25) is 14.8 Å². The number of piperazine rings is 1. The van der Waals surface area contributed by atoms with Gasteiger partial charge < -0.3 is 20.4 Å². The van der Waals surface area contributed by atoms with Gasteiger partial charge in [0, 0.05) is 69.7 Å². The molecule has 0 spiro atoms. The second kappa shape index (κ2) is 13.8. The Bertz CT molecular complexity index is 794. The zero-order chi connectivity index (χ0) is 21.0. The highest BCUT2D eigenvalue weighted by atomic mass is 127. The molecule has 0 aliphatic carbocycles. The molecule has 1 fully saturated rings. The monoisotopic (exact) mass is 536 g/mol. The van der Waals surface area contributed by atoms with Crippen LogP contribution < -0.4 is 15.5 Å². The van der Waals surface area contributed by atoms with E-state index in [0.717, 1.165) is 57.3 Å². The minimum absolute atomic E-state index is 0. The Hall–Kier alpha value is -2.36. The molecule has 0 saturated carbocycles. The van der Waals surface area contributed by atoms with Gasteiger partial charge in [-0.2, -0.15) is 0 Å². The number of hydrogen-bond acceptors (Lipinski definition) is 4. The summed E-state index contributed by atoms with van der Waals surface area (Å²) in [6, 6.07) is 16.3. The van der Waals surface area contributed by atoms with E-state index >= 15 is 0 Å². The maximum absolute atomic E-state index is 12.6. The Morgan fingerprint density at radius 3 is 2.45 bits per heavy atom. The Labute approximate surface area is 202 Å². The minimum Gasteiger partial charge on any atom is -0.368 e. The molecular formula is C23H33IN6O. The summed E-state index contributed by atoms with van der Waals surface area (Å²) in [5.74, 6) is 0.922. The average molecular weight is 536 g/mol. The summed E-state index contributed by atoms with van der Waals surface area (Å²) in [7, 11) is 0. The lowest BCUT2D eigenvalue weighted by Gasteiger charge is -2.36. The predicted molar refractivity (Wildman–Crippen MR) is 137 cm³/mol. The van der Waals surface area contributed by atoms with Crippen LogP contribution >= 0.6 is 24.0 Å². The van der Waals surface area contributed by atoms with Gasteiger partial charge in [0.2, 0.25) is 5.91 Å². The SMILES string of the molecule is CCNC(=NCCC(=O)N1CCN(c2ccccc2)CC1)NCCc1ccccn1.I. The highest BCUT2D eigenvalue weighted by Crippen LogP contribution is 2.15. The molecule has 168 valence electrons. The Kier molecular flexibility index (Phi) is 11.1. The van der Waals surface area contributed by atoms with Gasteiger partial charge in [-0.25, -0.2) is 0 Å². The lowest BCUT2D eigenvalue weighted by Crippen LogP contribution is -2.49. The largest absolute Gasteiger partial charge is 0.368 e. The van der Waals surface area contributed by atoms with Crippen LogP contribution in [0.1, 0.15) is 19.0 Å². The molecule has 1 saturated heterocycles. The molecule has 1 aromatic carbocycles. The quantitative estimate of drug-likeness (QED) is 0.308. The van der Waals surface area contributed by atoms with Gasteiger partial charge in [-0.05, 0) is 31.2 Å². The fourth-order valence-electron chi connectivity index (χ4n) is 3.47. The van der Waals surface area contributed by atoms with Crippen molar-refractivity contribution < 1.29 is 4.79 Å². The highest BCUT2D eigenvalue weighted by Gasteiger charge is 2.20. The smallest absolute Gasteiger partial charge is 0.224 e. The van der Waals surface area contributed by atoms with E-state index in [2.05, 4.69) is 49.8 Å². The summed E-state index contributed by atoms with van der Waals surface area (Å²) in [5.41, 5.74) is 2.27. The summed E-state index contributed by atoms with van der Waals surface area (Å²) < 4.78 is 0. The number of para-hydroxylation sites is 1. The van der Waals surface area contributed by atoms with E-state index in [1.54, 1.807) is 6.20 Å². The number of benzene rings is 1. The standard InChI is InChI=1S/C23H32N6O.HI/c1-2-24-23(26-14-11-20-8-6-7-13-25-20)27-15-12-22(30)29-18-16-28(17-19-29)21-9-4-3-5-10-21;/h3-10,13H,2,11-12,14-19H2,1H3,(H2,24,26,27);1H. The van der Waals surface area contributed by atoms with Crippen molar-refractivity contribution in [1.82, 2.24) is 20.5 Å². The third-order valence-electron chi connectivity index (χ3n) is 5.09. The van der Waals surface area contributed by atoms with E-state index in [9.17, 15) is 4.79 Å². The van der Waals surface area contributed by atoms with E-state index in [4.69, 9.17) is 0 Å². The van der Waals surface area contributed by atoms with E-state index in [0.29, 0.717) is 13.0 Å². The highest BCUT2D eigenvalue weighted by molar-refractivity contribution is 14.0. The molecule has 0 bridgehead atoms. The summed E-state index contributed by atoms with van der Waals surface area (Å²) in [6.07, 6.45) is 3.07. The van der Waals surface area contributed by atoms with E-state index in [-0.39, 0.29) is 29.9 Å². The molecule has 1 aliphatic rings. The van der Waals surface area contributed by atoms with Crippen molar-refractivity contribution in [1.29, 1.82) is 0 Å². The Balaban J connectivity index is 0.00000341. The summed E-state index contributed by atoms with van der Waals surface area (Å²) in [5, 5.41) is 6.55. The number of hydrogen-bond donors (Lipinski definition) is 2. The van der Waals surface area contributed by atoms with Crippen LogP contribution in [-0.2, 0) is 11.2 Å². The van der Waals surface area contributed by atoms with Crippen LogP contribution in [0.4, 0.5) is 5.69 Å². The number of halogens is 1. The molecule has 0 radical (unpaired) electrons. The fraction of sp³-hybridized carbons (Fsp3) is 0.435. The van der Waals surface area contributed by atoms with Gasteiger partial charge in [-0.1, -0.05) is 24.3 Å². The van der Waals surface area contributed by atoms with Gasteiger partial charge in [0.15, 0.2) is 5.96 Å². The Morgan fingerprint density at radius 1 is 1.03 bits per heavy atom. The Morgan fingerprint density at radius 2 is 1.77 bits per heavy atom. The first kappa shape index (κ1) is 24.9. The third kappa shape index (κ3) is 8.35. The summed E-state index contributed by atoms with van der Waals surface area (Å²) in [6.45, 7) is 7.32. The number of nitrogens with one attached hydrogen (secondary N) is 2. The van der Waals surface area contributed by atoms with Crippen LogP contribution in [0.25, 0.3) is 0 Å². The molecule has 2 N–H and O–H groups in total. The molecule has 3 rings (SSSR count). The zero-order valence-corrected chi connectivity index (χ0v) is 20.5. The van der Waals surface area contributed by atoms with Crippen molar-refractivity contribution in [2.45, 2.75) is 19.8 Å².